The van der Waals surface area contributed by atoms with Gasteiger partial charge >= 0.3 is 0 Å². The SMILES string of the molecule is c1ccc(-c2nc(-c3ccccn3)nc(-c3cccc4c3-c3ccccc3C43c4ccccc4-c4c3sc3ccccc43)n2)nc1.c1ccc2c(c1)-c1ccccc1C21c2ccc(-c3nc(-c4ccncc4)nc(-c4ccncc4)n3)cc2-c2c1sc1ccccc21.c1cncc(-c2nc(-c3cccnc3)nc(-c3cccc4c3-c3c(sc5ccccc35)C43c4ccccc4-c4ccccc43)n2)c1. The van der Waals surface area contributed by atoms with E-state index in [0.29, 0.717) is 63.8 Å². The first kappa shape index (κ1) is 79.0. The highest BCUT2D eigenvalue weighted by atomic mass is 32.1. The molecule has 12 aromatic heterocycles. The highest BCUT2D eigenvalue weighted by Gasteiger charge is 2.58. The lowest BCUT2D eigenvalue weighted by Crippen LogP contribution is -2.24. The van der Waals surface area contributed by atoms with E-state index in [1.165, 1.54) is 156 Å². The minimum atomic E-state index is -0.446. The number of hydrogen-bond donors (Lipinski definition) is 0. The average molecular weight is 1820 g/mol. The molecule has 0 fully saturated rings. The standard InChI is InChI=1S/3C40H23N5S/c1-4-16-30-26(12-1)27-13-2-5-17-31(27)40(30)32-18-7-15-29(34(32)35-28-14-3-6-19-33(28)46-36(35)40)39-44-37(24-10-8-20-41-22-24)43-38(45-39)25-11-9-21-42-23-25;1-4-16-28-24(12-1)34-27(37-43-38(31-19-7-9-22-41-31)45-39(44-37)32-20-8-10-23-42-32)15-11-18-30(34)40(28)29-17-5-2-13-25(29)35-26-14-3-6-21-33(26)46-36(35)40;1-4-10-31-27(7-1)28-8-2-5-11-32(28)40(31)33-14-13-26(23-30(33)35-29-9-3-6-12-34(29)46-36(35)40)39-44-37(24-15-19-41-20-16-24)43-38(45-39)25-17-21-42-22-18-25/h3*1-23H. The van der Waals surface area contributed by atoms with Crippen molar-refractivity contribution >= 4 is 64.3 Å². The molecule has 0 amide bonds. The van der Waals surface area contributed by atoms with Crippen LogP contribution in [0.3, 0.4) is 0 Å². The lowest BCUT2D eigenvalue weighted by atomic mass is 9.73. The molecule has 15 nitrogen and oxygen atoms in total. The fraction of sp³-hybridized carbons (Fsp3) is 0.0250. The van der Waals surface area contributed by atoms with Gasteiger partial charge in [-0.15, -0.1) is 34.0 Å². The molecular weight excluding hydrogens is 1750 g/mol. The third kappa shape index (κ3) is 11.7. The second kappa shape index (κ2) is 31.3. The van der Waals surface area contributed by atoms with E-state index < -0.39 is 10.8 Å². The normalized spacial score (nSPS) is 14.1. The monoisotopic (exact) mass is 1820 g/mol. The number of rotatable bonds is 9. The van der Waals surface area contributed by atoms with Crippen LogP contribution in [0.5, 0.6) is 0 Å². The molecule has 12 aromatic carbocycles. The van der Waals surface area contributed by atoms with Gasteiger partial charge in [-0.3, -0.25) is 29.9 Å². The Morgan fingerprint density at radius 3 is 0.935 bits per heavy atom. The Bertz CT molecular complexity index is 8870. The van der Waals surface area contributed by atoms with Gasteiger partial charge in [0, 0.05) is 162 Å². The molecular formula is C120H69N15S3. The minimum Gasteiger partial charge on any atom is -0.265 e. The topological polar surface area (TPSA) is 193 Å². The molecule has 24 aromatic rings. The Labute approximate surface area is 803 Å². The molecule has 12 heterocycles. The van der Waals surface area contributed by atoms with E-state index in [0.717, 1.165) is 44.5 Å². The first-order valence-electron chi connectivity index (χ1n) is 45.8. The third-order valence-corrected chi connectivity index (χ3v) is 31.8. The van der Waals surface area contributed by atoms with E-state index in [-0.39, 0.29) is 5.41 Å². The van der Waals surface area contributed by atoms with E-state index in [2.05, 4.69) is 303 Å². The van der Waals surface area contributed by atoms with Crippen molar-refractivity contribution in [2.45, 2.75) is 16.2 Å². The van der Waals surface area contributed by atoms with Crippen LogP contribution < -0.4 is 0 Å². The van der Waals surface area contributed by atoms with Crippen molar-refractivity contribution in [3.63, 3.8) is 0 Å². The van der Waals surface area contributed by atoms with Gasteiger partial charge in [0.05, 0.1) is 16.2 Å². The molecule has 0 radical (unpaired) electrons. The van der Waals surface area contributed by atoms with Crippen molar-refractivity contribution in [1.29, 1.82) is 0 Å². The van der Waals surface area contributed by atoms with Crippen molar-refractivity contribution < 1.29 is 0 Å². The average Bonchev–Trinajstić information content (AvgIpc) is 1.50. The number of fused-ring (bicyclic) bond motifs is 36. The maximum Gasteiger partial charge on any atom is 0.182 e. The summed E-state index contributed by atoms with van der Waals surface area (Å²) in [7, 11) is 0. The van der Waals surface area contributed by atoms with E-state index >= 15 is 0 Å². The van der Waals surface area contributed by atoms with E-state index in [1.807, 2.05) is 119 Å². The summed E-state index contributed by atoms with van der Waals surface area (Å²) in [5.74, 6) is 5.26. The first-order chi connectivity index (χ1) is 68.4. The van der Waals surface area contributed by atoms with Crippen LogP contribution in [0, 0.1) is 0 Å². The van der Waals surface area contributed by atoms with Crippen molar-refractivity contribution in [2.24, 2.45) is 0 Å². The van der Waals surface area contributed by atoms with Crippen LogP contribution in [0.4, 0.5) is 0 Å². The van der Waals surface area contributed by atoms with Gasteiger partial charge in [-0.1, -0.05) is 261 Å². The summed E-state index contributed by atoms with van der Waals surface area (Å²) in [5, 5.41) is 3.85. The van der Waals surface area contributed by atoms with Crippen molar-refractivity contribution in [3.05, 3.63) is 485 Å². The molecule has 0 saturated carbocycles. The molecule has 138 heavy (non-hydrogen) atoms. The van der Waals surface area contributed by atoms with Crippen LogP contribution in [0.1, 0.15) is 64.7 Å². The van der Waals surface area contributed by atoms with Crippen LogP contribution in [-0.2, 0) is 16.2 Å². The predicted molar refractivity (Wildman–Crippen MR) is 550 cm³/mol. The zero-order valence-electron chi connectivity index (χ0n) is 73.3. The molecule has 18 heteroatoms. The Balaban J connectivity index is 0.000000102. The molecule has 6 aliphatic rings. The van der Waals surface area contributed by atoms with Gasteiger partial charge < -0.3 is 0 Å². The van der Waals surface area contributed by atoms with Crippen LogP contribution in [0.25, 0.3) is 200 Å². The predicted octanol–water partition coefficient (Wildman–Crippen LogP) is 27.7. The van der Waals surface area contributed by atoms with Crippen LogP contribution in [-0.4, -0.2) is 74.8 Å². The molecule has 30 rings (SSSR count). The second-order valence-electron chi connectivity index (χ2n) is 35.0. The summed E-state index contributed by atoms with van der Waals surface area (Å²) in [5.41, 5.74) is 33.4. The maximum absolute atomic E-state index is 5.14. The van der Waals surface area contributed by atoms with Crippen molar-refractivity contribution in [3.8, 4) is 170 Å². The van der Waals surface area contributed by atoms with E-state index in [4.69, 9.17) is 44.9 Å². The lowest BCUT2D eigenvalue weighted by molar-refractivity contribution is 0.811. The summed E-state index contributed by atoms with van der Waals surface area (Å²) in [6, 6.07) is 127. The fourth-order valence-electron chi connectivity index (χ4n) is 22.5. The molecule has 1 atom stereocenters. The van der Waals surface area contributed by atoms with E-state index in [9.17, 15) is 0 Å². The molecule has 3 spiro atoms. The lowest BCUT2D eigenvalue weighted by Gasteiger charge is -2.29. The quantitative estimate of drug-likeness (QED) is 0.132. The van der Waals surface area contributed by atoms with Gasteiger partial charge in [-0.2, -0.15) is 0 Å². The minimum absolute atomic E-state index is 0.385. The Morgan fingerprint density at radius 1 is 0.174 bits per heavy atom. The van der Waals surface area contributed by atoms with Crippen molar-refractivity contribution in [2.75, 3.05) is 0 Å². The first-order valence-corrected chi connectivity index (χ1v) is 48.2. The highest BCUT2D eigenvalue weighted by Crippen LogP contribution is 2.71. The molecule has 0 bridgehead atoms. The number of nitrogens with zero attached hydrogens (tertiary/aromatic N) is 15. The molecule has 0 aliphatic heterocycles. The van der Waals surface area contributed by atoms with Gasteiger partial charge in [0.15, 0.2) is 52.4 Å². The largest absolute Gasteiger partial charge is 0.265 e. The van der Waals surface area contributed by atoms with Gasteiger partial charge in [-0.25, -0.2) is 44.9 Å². The van der Waals surface area contributed by atoms with Crippen LogP contribution in [0.2, 0.25) is 0 Å². The maximum atomic E-state index is 5.14. The molecule has 642 valence electrons. The van der Waals surface area contributed by atoms with Gasteiger partial charge in [0.2, 0.25) is 0 Å². The number of hydrogen-bond acceptors (Lipinski definition) is 18. The summed E-state index contributed by atoms with van der Waals surface area (Å²) in [4.78, 5) is 75.5. The smallest absolute Gasteiger partial charge is 0.182 e. The van der Waals surface area contributed by atoms with E-state index in [1.54, 1.807) is 62.0 Å². The summed E-state index contributed by atoms with van der Waals surface area (Å²) in [6.45, 7) is 0. The summed E-state index contributed by atoms with van der Waals surface area (Å²) in [6.07, 6.45) is 17.7. The number of pyridine rings is 6. The Kier molecular flexibility index (Phi) is 17.9. The fourth-order valence-corrected chi connectivity index (χ4v) is 26.8. The molecule has 0 N–H and O–H groups in total. The molecule has 0 saturated heterocycles. The third-order valence-electron chi connectivity index (χ3n) is 27.9. The molecule has 6 aliphatic carbocycles. The van der Waals surface area contributed by atoms with Gasteiger partial charge in [0.1, 0.15) is 11.4 Å². The zero-order chi connectivity index (χ0) is 90.7. The highest BCUT2D eigenvalue weighted by molar-refractivity contribution is 7.21. The Morgan fingerprint density at radius 2 is 0.493 bits per heavy atom. The van der Waals surface area contributed by atoms with Crippen LogP contribution in [0.15, 0.2) is 420 Å². The zero-order valence-corrected chi connectivity index (χ0v) is 75.7. The number of aromatic nitrogens is 15. The summed E-state index contributed by atoms with van der Waals surface area (Å²) >= 11 is 5.72. The van der Waals surface area contributed by atoms with Gasteiger partial charge in [0.25, 0.3) is 0 Å². The molecule has 1 unspecified atom stereocenters. The van der Waals surface area contributed by atoms with Gasteiger partial charge in [-0.05, 0) is 197 Å². The number of thiophene rings is 3. The Hall–Kier alpha value is -17.6. The number of benzene rings is 12. The summed E-state index contributed by atoms with van der Waals surface area (Å²) < 4.78 is 3.88. The van der Waals surface area contributed by atoms with Crippen molar-refractivity contribution in [1.82, 2.24) is 74.8 Å². The van der Waals surface area contributed by atoms with Crippen LogP contribution >= 0.6 is 34.0 Å². The second-order valence-corrected chi connectivity index (χ2v) is 38.1.